The third-order valence-electron chi connectivity index (χ3n) is 5.15. The number of nitrogens with one attached hydrogen (secondary N) is 1. The smallest absolute Gasteiger partial charge is 0.231 e. The second-order valence-electron chi connectivity index (χ2n) is 6.98. The van der Waals surface area contributed by atoms with E-state index in [0.29, 0.717) is 0 Å². The molecule has 1 atom stereocenters. The lowest BCUT2D eigenvalue weighted by Gasteiger charge is -2.17. The van der Waals surface area contributed by atoms with Gasteiger partial charge >= 0.3 is 0 Å². The van der Waals surface area contributed by atoms with Crippen molar-refractivity contribution < 1.29 is 18.9 Å². The van der Waals surface area contributed by atoms with E-state index in [2.05, 4.69) is 36.5 Å². The quantitative estimate of drug-likeness (QED) is 0.618. The first kappa shape index (κ1) is 19.2. The van der Waals surface area contributed by atoms with Crippen LogP contribution < -0.4 is 24.3 Å². The van der Waals surface area contributed by atoms with E-state index >= 15 is 0 Å². The molecule has 0 unspecified atom stereocenters. The highest BCUT2D eigenvalue weighted by Gasteiger charge is 2.16. The van der Waals surface area contributed by atoms with Crippen LogP contribution in [0.2, 0.25) is 0 Å². The van der Waals surface area contributed by atoms with Gasteiger partial charge in [-0.3, -0.25) is 0 Å². The molecule has 0 aliphatic carbocycles. The van der Waals surface area contributed by atoms with Crippen molar-refractivity contribution in [2.24, 2.45) is 0 Å². The molecule has 29 heavy (non-hydrogen) atoms. The fraction of sp³-hybridized carbons (Fsp3) is 0.250. The molecule has 3 aromatic rings. The van der Waals surface area contributed by atoms with Crippen LogP contribution in [0.1, 0.15) is 24.1 Å². The Morgan fingerprint density at radius 3 is 2.62 bits per heavy atom. The molecule has 0 fully saturated rings. The molecule has 4 rings (SSSR count). The van der Waals surface area contributed by atoms with Crippen molar-refractivity contribution in [1.82, 2.24) is 5.32 Å². The van der Waals surface area contributed by atoms with E-state index in [1.807, 2.05) is 36.4 Å². The molecule has 0 bridgehead atoms. The van der Waals surface area contributed by atoms with Gasteiger partial charge in [0.05, 0.1) is 14.2 Å². The van der Waals surface area contributed by atoms with Gasteiger partial charge in [0, 0.05) is 18.2 Å². The van der Waals surface area contributed by atoms with Crippen LogP contribution in [0.15, 0.2) is 60.7 Å². The first-order valence-corrected chi connectivity index (χ1v) is 9.62. The van der Waals surface area contributed by atoms with Gasteiger partial charge in [0.1, 0.15) is 11.5 Å². The van der Waals surface area contributed by atoms with Gasteiger partial charge in [-0.2, -0.15) is 0 Å². The molecular weight excluding hydrogens is 366 g/mol. The minimum atomic E-state index is 0.196. The molecule has 0 radical (unpaired) electrons. The van der Waals surface area contributed by atoms with Gasteiger partial charge in [-0.05, 0) is 60.0 Å². The van der Waals surface area contributed by atoms with Crippen molar-refractivity contribution in [3.05, 3.63) is 71.8 Å². The van der Waals surface area contributed by atoms with E-state index in [0.717, 1.165) is 40.7 Å². The Bertz CT molecular complexity index is 1000. The van der Waals surface area contributed by atoms with Crippen LogP contribution >= 0.6 is 0 Å². The van der Waals surface area contributed by atoms with Gasteiger partial charge in [-0.1, -0.05) is 24.3 Å². The molecule has 1 N–H and O–H groups in total. The molecule has 1 aliphatic rings. The van der Waals surface area contributed by atoms with E-state index in [4.69, 9.17) is 18.9 Å². The lowest BCUT2D eigenvalue weighted by Crippen LogP contribution is -2.18. The molecule has 1 aliphatic heterocycles. The van der Waals surface area contributed by atoms with Crippen molar-refractivity contribution in [1.29, 1.82) is 0 Å². The topological polar surface area (TPSA) is 49.0 Å². The minimum Gasteiger partial charge on any atom is -0.497 e. The Labute approximate surface area is 171 Å². The maximum absolute atomic E-state index is 5.59. The van der Waals surface area contributed by atoms with Crippen LogP contribution in [0.3, 0.4) is 0 Å². The average molecular weight is 391 g/mol. The largest absolute Gasteiger partial charge is 0.497 e. The number of fused-ring (bicyclic) bond motifs is 1. The van der Waals surface area contributed by atoms with Gasteiger partial charge in [0.2, 0.25) is 6.79 Å². The average Bonchev–Trinajstić information content (AvgIpc) is 3.25. The molecule has 5 nitrogen and oxygen atoms in total. The van der Waals surface area contributed by atoms with Crippen molar-refractivity contribution in [2.45, 2.75) is 19.5 Å². The molecule has 1 heterocycles. The second-order valence-corrected chi connectivity index (χ2v) is 6.98. The van der Waals surface area contributed by atoms with Gasteiger partial charge in [-0.25, -0.2) is 0 Å². The summed E-state index contributed by atoms with van der Waals surface area (Å²) in [6.45, 7) is 3.15. The molecule has 5 heteroatoms. The van der Waals surface area contributed by atoms with Gasteiger partial charge in [0.25, 0.3) is 0 Å². The summed E-state index contributed by atoms with van der Waals surface area (Å²) in [5, 5.41) is 3.58. The molecule has 3 aromatic carbocycles. The van der Waals surface area contributed by atoms with E-state index < -0.39 is 0 Å². The summed E-state index contributed by atoms with van der Waals surface area (Å²) in [5.74, 6) is 3.23. The summed E-state index contributed by atoms with van der Waals surface area (Å²) >= 11 is 0. The first-order chi connectivity index (χ1) is 14.2. The maximum Gasteiger partial charge on any atom is 0.231 e. The SMILES string of the molecule is COc1cccc([C@@H](C)NCc2ccc(OC)c(-c3ccc4c(c3)OCO4)c2)c1. The number of benzene rings is 3. The number of hydrogen-bond donors (Lipinski definition) is 1. The monoisotopic (exact) mass is 391 g/mol. The number of hydrogen-bond acceptors (Lipinski definition) is 5. The second kappa shape index (κ2) is 8.45. The van der Waals surface area contributed by atoms with Crippen molar-refractivity contribution >= 4 is 0 Å². The van der Waals surface area contributed by atoms with Gasteiger partial charge < -0.3 is 24.3 Å². The summed E-state index contributed by atoms with van der Waals surface area (Å²) < 4.78 is 21.9. The zero-order valence-electron chi connectivity index (χ0n) is 16.9. The summed E-state index contributed by atoms with van der Waals surface area (Å²) in [6, 6.07) is 20.5. The number of ether oxygens (including phenoxy) is 4. The Hall–Kier alpha value is -3.18. The highest BCUT2D eigenvalue weighted by atomic mass is 16.7. The fourth-order valence-electron chi connectivity index (χ4n) is 3.45. The minimum absolute atomic E-state index is 0.196. The zero-order chi connectivity index (χ0) is 20.2. The maximum atomic E-state index is 5.59. The highest BCUT2D eigenvalue weighted by molar-refractivity contribution is 5.73. The summed E-state index contributed by atoms with van der Waals surface area (Å²) in [6.07, 6.45) is 0. The van der Waals surface area contributed by atoms with Crippen molar-refractivity contribution in [3.63, 3.8) is 0 Å². The standard InChI is InChI=1S/C24H25NO4/c1-16(18-5-4-6-20(12-18)26-2)25-14-17-7-9-22(27-3)21(11-17)19-8-10-23-24(13-19)29-15-28-23/h4-13,16,25H,14-15H2,1-3H3/t16-/m1/s1. The molecule has 0 saturated carbocycles. The van der Waals surface area contributed by atoms with Crippen LogP contribution in [0.4, 0.5) is 0 Å². The Morgan fingerprint density at radius 1 is 0.931 bits per heavy atom. The summed E-state index contributed by atoms with van der Waals surface area (Å²) in [5.41, 5.74) is 4.43. The van der Waals surface area contributed by atoms with Crippen molar-refractivity contribution in [2.75, 3.05) is 21.0 Å². The Balaban J connectivity index is 1.53. The molecule has 0 spiro atoms. The molecular formula is C24H25NO4. The molecule has 0 saturated heterocycles. The fourth-order valence-corrected chi connectivity index (χ4v) is 3.45. The Kier molecular flexibility index (Phi) is 5.58. The third kappa shape index (κ3) is 4.15. The zero-order valence-corrected chi connectivity index (χ0v) is 16.9. The molecule has 0 amide bonds. The first-order valence-electron chi connectivity index (χ1n) is 9.62. The van der Waals surface area contributed by atoms with E-state index in [1.165, 1.54) is 11.1 Å². The van der Waals surface area contributed by atoms with Crippen LogP contribution in [0, 0.1) is 0 Å². The number of methoxy groups -OCH3 is 2. The van der Waals surface area contributed by atoms with Crippen LogP contribution in [0.5, 0.6) is 23.0 Å². The molecule has 150 valence electrons. The summed E-state index contributed by atoms with van der Waals surface area (Å²) in [4.78, 5) is 0. The van der Waals surface area contributed by atoms with E-state index in [9.17, 15) is 0 Å². The van der Waals surface area contributed by atoms with Crippen LogP contribution in [-0.4, -0.2) is 21.0 Å². The summed E-state index contributed by atoms with van der Waals surface area (Å²) in [7, 11) is 3.38. The van der Waals surface area contributed by atoms with E-state index in [-0.39, 0.29) is 12.8 Å². The van der Waals surface area contributed by atoms with E-state index in [1.54, 1.807) is 14.2 Å². The van der Waals surface area contributed by atoms with Gasteiger partial charge in [0.15, 0.2) is 11.5 Å². The van der Waals surface area contributed by atoms with Crippen LogP contribution in [-0.2, 0) is 6.54 Å². The lowest BCUT2D eigenvalue weighted by atomic mass is 10.0. The predicted molar refractivity (Wildman–Crippen MR) is 113 cm³/mol. The lowest BCUT2D eigenvalue weighted by molar-refractivity contribution is 0.174. The highest BCUT2D eigenvalue weighted by Crippen LogP contribution is 2.39. The normalized spacial score (nSPS) is 13.2. The molecule has 0 aromatic heterocycles. The van der Waals surface area contributed by atoms with Crippen LogP contribution in [0.25, 0.3) is 11.1 Å². The van der Waals surface area contributed by atoms with Gasteiger partial charge in [-0.15, -0.1) is 0 Å². The number of rotatable bonds is 7. The van der Waals surface area contributed by atoms with Crippen molar-refractivity contribution in [3.8, 4) is 34.1 Å². The Morgan fingerprint density at radius 2 is 1.79 bits per heavy atom. The predicted octanol–water partition coefficient (Wildman–Crippen LogP) is 4.95. The third-order valence-corrected chi connectivity index (χ3v) is 5.15.